The smallest absolute Gasteiger partial charge is 0.407 e. The van der Waals surface area contributed by atoms with Gasteiger partial charge in [0.2, 0.25) is 0 Å². The van der Waals surface area contributed by atoms with Gasteiger partial charge in [-0.25, -0.2) is 14.0 Å². The van der Waals surface area contributed by atoms with Crippen LogP contribution >= 0.6 is 0 Å². The molecule has 1 amide bonds. The van der Waals surface area contributed by atoms with Crippen LogP contribution in [0.25, 0.3) is 11.1 Å². The van der Waals surface area contributed by atoms with Gasteiger partial charge in [-0.15, -0.1) is 0 Å². The molecule has 3 aromatic rings. The van der Waals surface area contributed by atoms with E-state index in [0.29, 0.717) is 48.8 Å². The molecule has 2 N–H and O–H groups in total. The minimum atomic E-state index is -1.28. The minimum Gasteiger partial charge on any atom is -0.493 e. The Balaban J connectivity index is 1.82. The number of ether oxygens (including phenoxy) is 3. The van der Waals surface area contributed by atoms with Crippen LogP contribution in [0.4, 0.5) is 14.9 Å². The lowest BCUT2D eigenvalue weighted by molar-refractivity contribution is -0.160. The van der Waals surface area contributed by atoms with Crippen molar-refractivity contribution in [3.05, 3.63) is 76.9 Å². The van der Waals surface area contributed by atoms with E-state index in [0.717, 1.165) is 35.2 Å². The maximum absolute atomic E-state index is 13.3. The Morgan fingerprint density at radius 3 is 2.14 bits per heavy atom. The molecule has 1 aliphatic rings. The summed E-state index contributed by atoms with van der Waals surface area (Å²) in [6, 6.07) is 14.0. The molecule has 1 fully saturated rings. The van der Waals surface area contributed by atoms with Crippen molar-refractivity contribution in [3.8, 4) is 16.9 Å². The van der Waals surface area contributed by atoms with Gasteiger partial charge in [-0.2, -0.15) is 0 Å². The molecule has 0 spiro atoms. The number of amides is 1. The van der Waals surface area contributed by atoms with Gasteiger partial charge in [0.1, 0.15) is 17.2 Å². The molecular weight excluding hydrogens is 625 g/mol. The second-order valence-electron chi connectivity index (χ2n) is 15.5. The van der Waals surface area contributed by atoms with Crippen LogP contribution in [0, 0.1) is 18.2 Å². The molecule has 9 nitrogen and oxygen atoms in total. The van der Waals surface area contributed by atoms with Crippen molar-refractivity contribution in [1.82, 2.24) is 10.3 Å². The van der Waals surface area contributed by atoms with Crippen LogP contribution in [0.5, 0.6) is 5.75 Å². The number of nitrogens with one attached hydrogen (secondary N) is 1. The normalized spacial score (nSPS) is 15.4. The molecule has 1 aromatic heterocycles. The number of carboxylic acid groups (broad SMARTS) is 1. The number of pyridine rings is 1. The number of aryl methyl sites for hydroxylation is 1. The number of carboxylic acids is 1. The SMILES string of the molecule is Cc1nc(CNC(=O)OC(C)(C)C)c(-c2ccc(OCCc3ccc(F)cc3)cc2)c(N2CCC(C)(C)CC2)c1C(OC(C)(C)C)C(=O)O. The molecule has 0 saturated carbocycles. The Labute approximate surface area is 290 Å². The van der Waals surface area contributed by atoms with Crippen molar-refractivity contribution in [2.45, 2.75) is 105 Å². The predicted octanol–water partition coefficient (Wildman–Crippen LogP) is 8.41. The Hall–Kier alpha value is -4.18. The van der Waals surface area contributed by atoms with Crippen LogP contribution in [-0.4, -0.2) is 53.1 Å². The van der Waals surface area contributed by atoms with E-state index >= 15 is 0 Å². The third kappa shape index (κ3) is 10.7. The zero-order valence-corrected chi connectivity index (χ0v) is 30.4. The summed E-state index contributed by atoms with van der Waals surface area (Å²) < 4.78 is 31.1. The topological polar surface area (TPSA) is 110 Å². The number of carbonyl (C=O) groups is 2. The lowest BCUT2D eigenvalue weighted by Gasteiger charge is -2.41. The molecular formula is C39H52FN3O6. The van der Waals surface area contributed by atoms with Crippen LogP contribution in [0.15, 0.2) is 48.5 Å². The van der Waals surface area contributed by atoms with Gasteiger partial charge < -0.3 is 29.5 Å². The number of rotatable bonds is 11. The molecule has 1 saturated heterocycles. The third-order valence-electron chi connectivity index (χ3n) is 8.38. The molecule has 1 unspecified atom stereocenters. The summed E-state index contributed by atoms with van der Waals surface area (Å²) in [5, 5.41) is 13.4. The molecule has 10 heteroatoms. The maximum atomic E-state index is 13.3. The van der Waals surface area contributed by atoms with Gasteiger partial charge in [0, 0.05) is 36.3 Å². The van der Waals surface area contributed by atoms with E-state index in [1.807, 2.05) is 45.0 Å². The number of hydrogen-bond donors (Lipinski definition) is 2. The third-order valence-corrected chi connectivity index (χ3v) is 8.38. The van der Waals surface area contributed by atoms with E-state index in [1.54, 1.807) is 39.8 Å². The molecule has 2 aromatic carbocycles. The average Bonchev–Trinajstić information content (AvgIpc) is 2.99. The number of aromatic nitrogens is 1. The van der Waals surface area contributed by atoms with Crippen molar-refractivity contribution in [2.24, 2.45) is 5.41 Å². The van der Waals surface area contributed by atoms with Crippen molar-refractivity contribution >= 4 is 17.7 Å². The first kappa shape index (κ1) is 37.6. The van der Waals surface area contributed by atoms with Gasteiger partial charge in [-0.3, -0.25) is 4.98 Å². The fraction of sp³-hybridized carbons (Fsp3) is 0.513. The predicted molar refractivity (Wildman–Crippen MR) is 190 cm³/mol. The fourth-order valence-electron chi connectivity index (χ4n) is 5.88. The summed E-state index contributed by atoms with van der Waals surface area (Å²) >= 11 is 0. The number of benzene rings is 2. The van der Waals surface area contributed by atoms with Gasteiger partial charge >= 0.3 is 12.1 Å². The number of aliphatic carboxylic acids is 1. The van der Waals surface area contributed by atoms with Gasteiger partial charge in [-0.1, -0.05) is 38.1 Å². The quantitative estimate of drug-likeness (QED) is 0.208. The largest absolute Gasteiger partial charge is 0.493 e. The van der Waals surface area contributed by atoms with E-state index in [9.17, 15) is 19.1 Å². The number of halogens is 1. The van der Waals surface area contributed by atoms with Crippen LogP contribution in [0.3, 0.4) is 0 Å². The van der Waals surface area contributed by atoms with Gasteiger partial charge in [-0.05, 0) is 102 Å². The average molecular weight is 678 g/mol. The summed E-state index contributed by atoms with van der Waals surface area (Å²) in [5.74, 6) is -0.726. The molecule has 1 atom stereocenters. The number of anilines is 1. The second kappa shape index (κ2) is 15.2. The Kier molecular flexibility index (Phi) is 11.6. The Morgan fingerprint density at radius 1 is 0.980 bits per heavy atom. The summed E-state index contributed by atoms with van der Waals surface area (Å²) in [6.45, 7) is 19.1. The molecule has 0 bridgehead atoms. The first-order valence-corrected chi connectivity index (χ1v) is 17.0. The minimum absolute atomic E-state index is 0.0610. The van der Waals surface area contributed by atoms with Crippen LogP contribution in [0.2, 0.25) is 0 Å². The van der Waals surface area contributed by atoms with Gasteiger partial charge in [0.05, 0.1) is 30.1 Å². The molecule has 0 radical (unpaired) electrons. The molecule has 4 rings (SSSR count). The summed E-state index contributed by atoms with van der Waals surface area (Å²) in [6.07, 6.45) is 0.591. The van der Waals surface area contributed by atoms with E-state index in [2.05, 4.69) is 24.1 Å². The van der Waals surface area contributed by atoms with Crippen LogP contribution in [0.1, 0.15) is 96.9 Å². The number of hydrogen-bond acceptors (Lipinski definition) is 7. The maximum Gasteiger partial charge on any atom is 0.407 e. The number of alkyl carbamates (subject to hydrolysis) is 1. The number of carbonyl (C=O) groups excluding carboxylic acids is 1. The Bertz CT molecular complexity index is 1600. The van der Waals surface area contributed by atoms with Crippen LogP contribution in [-0.2, 0) is 27.2 Å². The summed E-state index contributed by atoms with van der Waals surface area (Å²) in [5.41, 5.74) is 3.53. The fourth-order valence-corrected chi connectivity index (χ4v) is 5.88. The molecule has 0 aliphatic carbocycles. The standard InChI is InChI=1S/C39H52FN3O6/c1-25-31(34(35(44)45)48-37(2,3)4)33(43-21-19-39(8,9)20-22-43)32(30(42-25)24-41-36(46)49-38(5,6)7)27-12-16-29(17-13-27)47-23-18-26-10-14-28(40)15-11-26/h10-17,34H,18-24H2,1-9H3,(H,41,46)(H,44,45). The second-order valence-corrected chi connectivity index (χ2v) is 15.5. The first-order valence-electron chi connectivity index (χ1n) is 17.0. The molecule has 2 heterocycles. The molecule has 1 aliphatic heterocycles. The highest BCUT2D eigenvalue weighted by molar-refractivity contribution is 5.88. The first-order chi connectivity index (χ1) is 22.8. The van der Waals surface area contributed by atoms with Crippen molar-refractivity contribution < 1.29 is 33.3 Å². The van der Waals surface area contributed by atoms with Crippen LogP contribution < -0.4 is 15.0 Å². The Morgan fingerprint density at radius 2 is 1.59 bits per heavy atom. The number of nitrogens with zero attached hydrogens (tertiary/aromatic N) is 2. The summed E-state index contributed by atoms with van der Waals surface area (Å²) in [7, 11) is 0. The molecule has 49 heavy (non-hydrogen) atoms. The summed E-state index contributed by atoms with van der Waals surface area (Å²) in [4.78, 5) is 32.9. The van der Waals surface area contributed by atoms with Crippen molar-refractivity contribution in [3.63, 3.8) is 0 Å². The highest BCUT2D eigenvalue weighted by Gasteiger charge is 2.37. The van der Waals surface area contributed by atoms with Crippen molar-refractivity contribution in [1.29, 1.82) is 0 Å². The zero-order valence-electron chi connectivity index (χ0n) is 30.4. The van der Waals surface area contributed by atoms with Gasteiger partial charge in [0.25, 0.3) is 0 Å². The molecule has 266 valence electrons. The lowest BCUT2D eigenvalue weighted by atomic mass is 9.81. The van der Waals surface area contributed by atoms with Gasteiger partial charge in [0.15, 0.2) is 6.10 Å². The van der Waals surface area contributed by atoms with E-state index in [1.165, 1.54) is 12.1 Å². The van der Waals surface area contributed by atoms with E-state index in [4.69, 9.17) is 19.2 Å². The van der Waals surface area contributed by atoms with Crippen molar-refractivity contribution in [2.75, 3.05) is 24.6 Å². The highest BCUT2D eigenvalue weighted by Crippen LogP contribution is 2.45. The highest BCUT2D eigenvalue weighted by atomic mass is 19.1. The lowest BCUT2D eigenvalue weighted by Crippen LogP contribution is -2.39. The number of piperidine rings is 1. The monoisotopic (exact) mass is 677 g/mol. The van der Waals surface area contributed by atoms with E-state index < -0.39 is 29.4 Å². The van der Waals surface area contributed by atoms with E-state index in [-0.39, 0.29) is 17.8 Å². The zero-order chi connectivity index (χ0) is 36.1.